The first-order valence-electron chi connectivity index (χ1n) is 17.6. The summed E-state index contributed by atoms with van der Waals surface area (Å²) >= 11 is 1.42. The van der Waals surface area contributed by atoms with Gasteiger partial charge in [0.15, 0.2) is 5.13 Å². The van der Waals surface area contributed by atoms with Crippen molar-refractivity contribution in [1.82, 2.24) is 25.5 Å². The van der Waals surface area contributed by atoms with Gasteiger partial charge in [-0.15, -0.1) is 17.9 Å². The van der Waals surface area contributed by atoms with Crippen LogP contribution in [0.25, 0.3) is 22.3 Å². The van der Waals surface area contributed by atoms with E-state index in [0.29, 0.717) is 38.9 Å². The van der Waals surface area contributed by atoms with Gasteiger partial charge in [-0.2, -0.15) is 0 Å². The number of amides is 3. The van der Waals surface area contributed by atoms with E-state index in [2.05, 4.69) is 27.5 Å². The molecule has 1 aromatic carbocycles. The first-order chi connectivity index (χ1) is 25.1. The molecule has 0 radical (unpaired) electrons. The number of thiazole rings is 1. The summed E-state index contributed by atoms with van der Waals surface area (Å²) in [6.07, 6.45) is 3.11. The third-order valence-corrected chi connectivity index (χ3v) is 12.7. The molecule has 5 N–H and O–H groups in total. The van der Waals surface area contributed by atoms with Crippen LogP contribution >= 0.6 is 18.9 Å². The highest BCUT2D eigenvalue weighted by Gasteiger charge is 2.66. The largest absolute Gasteiger partial charge is 0.497 e. The number of likely N-dealkylation sites (tertiary alicyclic amines) is 1. The number of rotatable bonds is 12. The quantitative estimate of drug-likeness (QED) is 0.122. The second kappa shape index (κ2) is 14.9. The maximum absolute atomic E-state index is 14.5. The van der Waals surface area contributed by atoms with E-state index in [-0.39, 0.29) is 25.5 Å². The summed E-state index contributed by atoms with van der Waals surface area (Å²) < 4.78 is 30.4. The maximum Gasteiger partial charge on any atom is 0.408 e. The van der Waals surface area contributed by atoms with E-state index in [4.69, 9.17) is 19.2 Å². The van der Waals surface area contributed by atoms with Gasteiger partial charge >= 0.3 is 13.7 Å². The first kappa shape index (κ1) is 38.5. The molecule has 6 rings (SSSR count). The van der Waals surface area contributed by atoms with Gasteiger partial charge in [-0.25, -0.2) is 14.8 Å². The lowest BCUT2D eigenvalue weighted by Crippen LogP contribution is -2.58. The van der Waals surface area contributed by atoms with E-state index >= 15 is 0 Å². The summed E-state index contributed by atoms with van der Waals surface area (Å²) in [7, 11) is -1.49. The van der Waals surface area contributed by atoms with E-state index < -0.39 is 60.3 Å². The number of fused-ring (bicyclic) bond motifs is 1. The Labute approximate surface area is 312 Å². The Balaban J connectivity index is 1.33. The Morgan fingerprint density at radius 1 is 1.13 bits per heavy atom. The number of anilines is 1. The van der Waals surface area contributed by atoms with Crippen molar-refractivity contribution in [1.29, 1.82) is 0 Å². The van der Waals surface area contributed by atoms with Gasteiger partial charge < -0.3 is 44.8 Å². The number of hydrogen-bond donors (Lipinski definition) is 5. The van der Waals surface area contributed by atoms with Crippen LogP contribution in [-0.4, -0.2) is 92.8 Å². The molecule has 5 atom stereocenters. The van der Waals surface area contributed by atoms with Crippen LogP contribution in [0.2, 0.25) is 0 Å². The second-order valence-corrected chi connectivity index (χ2v) is 17.7. The predicted octanol–water partition coefficient (Wildman–Crippen LogP) is 5.04. The molecule has 286 valence electrons. The summed E-state index contributed by atoms with van der Waals surface area (Å²) in [5.74, 6) is -0.935. The molecule has 3 heterocycles. The molecule has 15 nitrogen and oxygen atoms in total. The first-order valence-corrected chi connectivity index (χ1v) is 20.1. The van der Waals surface area contributed by atoms with Gasteiger partial charge in [0.25, 0.3) is 0 Å². The SMILES string of the molecule is C=C[C@@H]1C[C@]1(NC(=O)[C@@H]1C[C@@H](Oc2cc(-c3csc(NC)n3)nc3cc(OC)ccc23)CN1C(=O)[C@@H](NC(=O)OC1CCCC1)C(C)(C)C)P(=O)(O)O. The highest BCUT2D eigenvalue weighted by Crippen LogP contribution is 2.67. The molecule has 3 fully saturated rings. The molecular weight excluding hydrogens is 723 g/mol. The van der Waals surface area contributed by atoms with E-state index in [1.165, 1.54) is 22.3 Å². The molecule has 3 amide bonds. The number of nitrogens with zero attached hydrogens (tertiary/aromatic N) is 3. The fourth-order valence-electron chi connectivity index (χ4n) is 7.12. The predicted molar refractivity (Wildman–Crippen MR) is 200 cm³/mol. The monoisotopic (exact) mass is 770 g/mol. The second-order valence-electron chi connectivity index (χ2n) is 14.9. The van der Waals surface area contributed by atoms with E-state index in [9.17, 15) is 28.7 Å². The van der Waals surface area contributed by atoms with Crippen molar-refractivity contribution in [2.75, 3.05) is 26.0 Å². The number of pyridine rings is 1. The fourth-order valence-corrected chi connectivity index (χ4v) is 9.01. The minimum absolute atomic E-state index is 0.00708. The Morgan fingerprint density at radius 2 is 1.87 bits per heavy atom. The van der Waals surface area contributed by atoms with Gasteiger partial charge in [-0.05, 0) is 49.7 Å². The molecule has 2 aliphatic carbocycles. The number of carbonyl (C=O) groups is 3. The van der Waals surface area contributed by atoms with Crippen molar-refractivity contribution < 1.29 is 42.9 Å². The summed E-state index contributed by atoms with van der Waals surface area (Å²) in [4.78, 5) is 73.0. The number of ether oxygens (including phenoxy) is 3. The van der Waals surface area contributed by atoms with Crippen LogP contribution in [0.5, 0.6) is 11.5 Å². The number of hydrogen-bond acceptors (Lipinski definition) is 11. The molecule has 3 aliphatic rings. The van der Waals surface area contributed by atoms with Gasteiger partial charge in [-0.1, -0.05) is 26.8 Å². The normalized spacial score (nSPS) is 23.7. The summed E-state index contributed by atoms with van der Waals surface area (Å²) in [6, 6.07) is 4.82. The number of benzene rings is 1. The number of methoxy groups -OCH3 is 1. The van der Waals surface area contributed by atoms with Crippen molar-refractivity contribution in [3.05, 3.63) is 42.3 Å². The molecular formula is C36H47N6O9PS. The molecule has 53 heavy (non-hydrogen) atoms. The van der Waals surface area contributed by atoms with Crippen LogP contribution in [0.3, 0.4) is 0 Å². The van der Waals surface area contributed by atoms with Crippen molar-refractivity contribution in [2.24, 2.45) is 11.3 Å². The maximum atomic E-state index is 14.5. The third-order valence-electron chi connectivity index (χ3n) is 10.2. The zero-order valence-corrected chi connectivity index (χ0v) is 32.2. The highest BCUT2D eigenvalue weighted by molar-refractivity contribution is 7.54. The summed E-state index contributed by atoms with van der Waals surface area (Å²) in [5.41, 5.74) is 0.908. The van der Waals surface area contributed by atoms with Crippen LogP contribution in [0.4, 0.5) is 9.93 Å². The molecule has 2 saturated carbocycles. The third kappa shape index (κ3) is 8.01. The van der Waals surface area contributed by atoms with Crippen molar-refractivity contribution in [2.45, 2.75) is 88.9 Å². The summed E-state index contributed by atoms with van der Waals surface area (Å²) in [5, 5.41) is 9.78. The van der Waals surface area contributed by atoms with Crippen LogP contribution in [0.1, 0.15) is 59.3 Å². The fraction of sp³-hybridized carbons (Fsp3) is 0.528. The van der Waals surface area contributed by atoms with Gasteiger partial charge in [0.2, 0.25) is 11.8 Å². The Morgan fingerprint density at radius 3 is 2.47 bits per heavy atom. The smallest absolute Gasteiger partial charge is 0.408 e. The average molecular weight is 771 g/mol. The van der Waals surface area contributed by atoms with Gasteiger partial charge in [0, 0.05) is 42.3 Å². The molecule has 1 aliphatic heterocycles. The van der Waals surface area contributed by atoms with E-state index in [1.807, 2.05) is 11.4 Å². The Bertz CT molecular complexity index is 1940. The van der Waals surface area contributed by atoms with Gasteiger partial charge in [0.1, 0.15) is 46.8 Å². The highest BCUT2D eigenvalue weighted by atomic mass is 32.1. The molecule has 0 bridgehead atoms. The summed E-state index contributed by atoms with van der Waals surface area (Å²) in [6.45, 7) is 8.99. The number of carbonyl (C=O) groups excluding carboxylic acids is 3. The van der Waals surface area contributed by atoms with Crippen LogP contribution in [0, 0.1) is 11.3 Å². The zero-order chi connectivity index (χ0) is 38.3. The van der Waals surface area contributed by atoms with Crippen molar-refractivity contribution >= 4 is 52.9 Å². The van der Waals surface area contributed by atoms with Crippen molar-refractivity contribution in [3.63, 3.8) is 0 Å². The minimum atomic E-state index is -4.83. The number of nitrogens with one attached hydrogen (secondary N) is 3. The molecule has 1 saturated heterocycles. The van der Waals surface area contributed by atoms with E-state index in [0.717, 1.165) is 25.7 Å². The molecule has 0 spiro atoms. The average Bonchev–Trinajstić information content (AvgIpc) is 3.53. The Kier molecular flexibility index (Phi) is 10.8. The number of alkyl carbamates (subject to hydrolysis) is 1. The zero-order valence-electron chi connectivity index (χ0n) is 30.5. The van der Waals surface area contributed by atoms with Crippen LogP contribution in [0.15, 0.2) is 42.3 Å². The molecule has 2 aromatic heterocycles. The minimum Gasteiger partial charge on any atom is -0.497 e. The lowest BCUT2D eigenvalue weighted by Gasteiger charge is -2.35. The molecule has 17 heteroatoms. The Hall–Kier alpha value is -4.24. The van der Waals surface area contributed by atoms with Crippen LogP contribution < -0.4 is 25.4 Å². The molecule has 0 unspecified atom stereocenters. The number of aromatic nitrogens is 2. The lowest BCUT2D eigenvalue weighted by atomic mass is 9.85. The molecule has 3 aromatic rings. The topological polar surface area (TPSA) is 202 Å². The van der Waals surface area contributed by atoms with Gasteiger partial charge in [-0.3, -0.25) is 14.2 Å². The lowest BCUT2D eigenvalue weighted by molar-refractivity contribution is -0.142. The van der Waals surface area contributed by atoms with Crippen molar-refractivity contribution in [3.8, 4) is 22.9 Å². The van der Waals surface area contributed by atoms with E-state index in [1.54, 1.807) is 53.1 Å². The standard InChI is InChI=1S/C36H47N6O9PS/c1-7-20-17-36(20,52(46,47)48)41-31(43)28-15-23(18-42(28)32(44)30(35(2,3)4)40-34(45)51-21-10-8-9-11-21)50-29-16-26(27-19-53-33(37-5)39-27)38-25-14-22(49-6)12-13-24(25)29/h7,12-14,16,19-21,23,28,30H,1,8-11,15,17-18H2,2-6H3,(H,37,39)(H,40,45)(H,41,43)(H2,46,47,48)/t20-,23-,28+,30-,36+/m1/s1. The van der Waals surface area contributed by atoms with Crippen LogP contribution in [-0.2, 0) is 18.9 Å². The van der Waals surface area contributed by atoms with Gasteiger partial charge in [0.05, 0.1) is 24.9 Å².